The monoisotopic (exact) mass is 282 g/mol. The molecular weight excluding hydrogens is 268 g/mol. The summed E-state index contributed by atoms with van der Waals surface area (Å²) in [5.41, 5.74) is 3.57. The highest BCUT2D eigenvalue weighted by Gasteiger charge is 2.18. The van der Waals surface area contributed by atoms with Crippen LogP contribution in [0.5, 0.6) is 5.75 Å². The molecule has 0 spiro atoms. The lowest BCUT2D eigenvalue weighted by atomic mass is 10.0. The molecule has 0 amide bonds. The lowest BCUT2D eigenvalue weighted by Crippen LogP contribution is -2.30. The highest BCUT2D eigenvalue weighted by molar-refractivity contribution is 6.30. The molecule has 2 rings (SSSR count). The Balaban J connectivity index is 2.28. The number of nitrogens with two attached hydrogens (primary N) is 1. The third-order valence-electron chi connectivity index (χ3n) is 2.70. The molecule has 0 aliphatic carbocycles. The summed E-state index contributed by atoms with van der Waals surface area (Å²) in [6.45, 7) is 0. The van der Waals surface area contributed by atoms with Crippen LogP contribution in [0.15, 0.2) is 18.2 Å². The average Bonchev–Trinajstić information content (AvgIpc) is 2.81. The SMILES string of the molecule is COc1ccc(Cl)cc1C(Cc1nnn(C)n1)NN. The molecule has 1 aromatic heterocycles. The summed E-state index contributed by atoms with van der Waals surface area (Å²) in [5, 5.41) is 12.5. The molecule has 0 saturated heterocycles. The van der Waals surface area contributed by atoms with Gasteiger partial charge in [-0.3, -0.25) is 11.3 Å². The average molecular weight is 283 g/mol. The molecule has 1 unspecified atom stereocenters. The van der Waals surface area contributed by atoms with E-state index in [1.807, 2.05) is 0 Å². The number of ether oxygens (including phenoxy) is 1. The van der Waals surface area contributed by atoms with Gasteiger partial charge in [-0.15, -0.1) is 10.2 Å². The van der Waals surface area contributed by atoms with Crippen molar-refractivity contribution in [3.05, 3.63) is 34.6 Å². The number of aryl methyl sites for hydroxylation is 1. The van der Waals surface area contributed by atoms with Crippen molar-refractivity contribution in [2.45, 2.75) is 12.5 Å². The Morgan fingerprint density at radius 1 is 1.53 bits per heavy atom. The van der Waals surface area contributed by atoms with Crippen molar-refractivity contribution in [1.29, 1.82) is 0 Å². The van der Waals surface area contributed by atoms with Gasteiger partial charge in [0, 0.05) is 17.0 Å². The Hall–Kier alpha value is -1.70. The van der Waals surface area contributed by atoms with E-state index in [4.69, 9.17) is 22.2 Å². The van der Waals surface area contributed by atoms with Crippen LogP contribution < -0.4 is 16.0 Å². The van der Waals surface area contributed by atoms with Gasteiger partial charge in [-0.05, 0) is 23.4 Å². The summed E-state index contributed by atoms with van der Waals surface area (Å²) in [7, 11) is 3.31. The first-order valence-electron chi connectivity index (χ1n) is 5.66. The number of halogens is 1. The van der Waals surface area contributed by atoms with Crippen LogP contribution in [0.1, 0.15) is 17.4 Å². The molecule has 1 aromatic carbocycles. The first kappa shape index (κ1) is 13.7. The molecule has 1 atom stereocenters. The largest absolute Gasteiger partial charge is 0.496 e. The lowest BCUT2D eigenvalue weighted by molar-refractivity contribution is 0.398. The molecule has 0 fully saturated rings. The standard InChI is InChI=1S/C11H15ClN6O/c1-18-16-11(15-17-18)6-9(14-13)8-5-7(12)3-4-10(8)19-2/h3-5,9,14H,6,13H2,1-2H3. The van der Waals surface area contributed by atoms with Crippen molar-refractivity contribution in [3.8, 4) is 5.75 Å². The number of nitrogens with zero attached hydrogens (tertiary/aromatic N) is 4. The van der Waals surface area contributed by atoms with E-state index in [0.717, 1.165) is 5.56 Å². The maximum atomic E-state index is 6.01. The fourth-order valence-electron chi connectivity index (χ4n) is 1.82. The molecule has 1 heterocycles. The Morgan fingerprint density at radius 2 is 2.32 bits per heavy atom. The van der Waals surface area contributed by atoms with Gasteiger partial charge in [0.1, 0.15) is 5.75 Å². The first-order chi connectivity index (χ1) is 9.13. The van der Waals surface area contributed by atoms with E-state index in [-0.39, 0.29) is 6.04 Å². The van der Waals surface area contributed by atoms with E-state index in [0.29, 0.717) is 23.0 Å². The van der Waals surface area contributed by atoms with Gasteiger partial charge in [0.2, 0.25) is 0 Å². The number of hydrogen-bond donors (Lipinski definition) is 2. The molecule has 0 aliphatic heterocycles. The Bertz CT molecular complexity index is 558. The molecule has 0 bridgehead atoms. The van der Waals surface area contributed by atoms with Crippen molar-refractivity contribution in [2.75, 3.05) is 7.11 Å². The third-order valence-corrected chi connectivity index (χ3v) is 2.94. The van der Waals surface area contributed by atoms with Crippen LogP contribution >= 0.6 is 11.6 Å². The fourth-order valence-corrected chi connectivity index (χ4v) is 2.00. The van der Waals surface area contributed by atoms with Crippen molar-refractivity contribution in [3.63, 3.8) is 0 Å². The predicted octanol–water partition coefficient (Wildman–Crippen LogP) is 0.619. The number of tetrazole rings is 1. The molecule has 7 nitrogen and oxygen atoms in total. The van der Waals surface area contributed by atoms with Gasteiger partial charge in [0.15, 0.2) is 5.82 Å². The number of rotatable bonds is 5. The molecule has 0 radical (unpaired) electrons. The Morgan fingerprint density at radius 3 is 2.89 bits per heavy atom. The van der Waals surface area contributed by atoms with Gasteiger partial charge in [0.25, 0.3) is 0 Å². The summed E-state index contributed by atoms with van der Waals surface area (Å²) in [6.07, 6.45) is 0.487. The Labute approximate surface area is 115 Å². The molecule has 2 aromatic rings. The second-order valence-electron chi connectivity index (χ2n) is 4.00. The van der Waals surface area contributed by atoms with E-state index in [1.165, 1.54) is 4.80 Å². The second kappa shape index (κ2) is 5.96. The van der Waals surface area contributed by atoms with Crippen molar-refractivity contribution in [1.82, 2.24) is 25.6 Å². The summed E-state index contributed by atoms with van der Waals surface area (Å²) in [5.74, 6) is 6.90. The number of methoxy groups -OCH3 is 1. The minimum absolute atomic E-state index is 0.210. The second-order valence-corrected chi connectivity index (χ2v) is 4.44. The van der Waals surface area contributed by atoms with E-state index >= 15 is 0 Å². The van der Waals surface area contributed by atoms with Gasteiger partial charge in [-0.1, -0.05) is 11.6 Å². The van der Waals surface area contributed by atoms with Crippen molar-refractivity contribution < 1.29 is 4.74 Å². The maximum Gasteiger partial charge on any atom is 0.176 e. The maximum absolute atomic E-state index is 6.01. The third kappa shape index (κ3) is 3.19. The van der Waals surface area contributed by atoms with Gasteiger partial charge in [0.05, 0.1) is 20.2 Å². The zero-order valence-corrected chi connectivity index (χ0v) is 11.4. The molecule has 0 aliphatic rings. The molecule has 0 saturated carbocycles. The summed E-state index contributed by atoms with van der Waals surface area (Å²) in [6, 6.07) is 5.16. The summed E-state index contributed by atoms with van der Waals surface area (Å²) >= 11 is 6.01. The topological polar surface area (TPSA) is 90.9 Å². The number of hydrazine groups is 1. The van der Waals surface area contributed by atoms with Crippen LogP contribution in [-0.2, 0) is 13.5 Å². The number of benzene rings is 1. The van der Waals surface area contributed by atoms with Crippen LogP contribution in [0.4, 0.5) is 0 Å². The first-order valence-corrected chi connectivity index (χ1v) is 6.04. The van der Waals surface area contributed by atoms with Crippen LogP contribution in [0.2, 0.25) is 5.02 Å². The highest BCUT2D eigenvalue weighted by Crippen LogP contribution is 2.29. The summed E-state index contributed by atoms with van der Waals surface area (Å²) < 4.78 is 5.31. The number of hydrogen-bond acceptors (Lipinski definition) is 6. The van der Waals surface area contributed by atoms with Crippen LogP contribution in [0.3, 0.4) is 0 Å². The van der Waals surface area contributed by atoms with Gasteiger partial charge in [-0.25, -0.2) is 0 Å². The number of nitrogens with one attached hydrogen (secondary N) is 1. The summed E-state index contributed by atoms with van der Waals surface area (Å²) in [4.78, 5) is 1.40. The minimum atomic E-state index is -0.210. The normalized spacial score (nSPS) is 12.4. The van der Waals surface area contributed by atoms with E-state index in [2.05, 4.69) is 20.8 Å². The van der Waals surface area contributed by atoms with E-state index in [1.54, 1.807) is 32.4 Å². The van der Waals surface area contributed by atoms with Gasteiger partial charge in [-0.2, -0.15) is 4.80 Å². The fraction of sp³-hybridized carbons (Fsp3) is 0.364. The van der Waals surface area contributed by atoms with Crippen molar-refractivity contribution in [2.24, 2.45) is 12.9 Å². The van der Waals surface area contributed by atoms with Gasteiger partial charge < -0.3 is 4.74 Å². The quantitative estimate of drug-likeness (QED) is 0.617. The van der Waals surface area contributed by atoms with Crippen LogP contribution in [0, 0.1) is 0 Å². The van der Waals surface area contributed by atoms with Crippen LogP contribution in [0.25, 0.3) is 0 Å². The Kier molecular flexibility index (Phi) is 4.31. The minimum Gasteiger partial charge on any atom is -0.496 e. The van der Waals surface area contributed by atoms with Crippen molar-refractivity contribution >= 4 is 11.6 Å². The smallest absolute Gasteiger partial charge is 0.176 e. The molecule has 8 heteroatoms. The van der Waals surface area contributed by atoms with E-state index in [9.17, 15) is 0 Å². The molecule has 3 N–H and O–H groups in total. The molecule has 102 valence electrons. The predicted molar refractivity (Wildman–Crippen MR) is 70.6 cm³/mol. The lowest BCUT2D eigenvalue weighted by Gasteiger charge is -2.17. The van der Waals surface area contributed by atoms with Gasteiger partial charge >= 0.3 is 0 Å². The van der Waals surface area contributed by atoms with E-state index < -0.39 is 0 Å². The zero-order valence-electron chi connectivity index (χ0n) is 10.7. The highest BCUT2D eigenvalue weighted by atomic mass is 35.5. The number of aromatic nitrogens is 4. The molecule has 19 heavy (non-hydrogen) atoms. The zero-order chi connectivity index (χ0) is 13.8. The van der Waals surface area contributed by atoms with Crippen LogP contribution in [-0.4, -0.2) is 27.3 Å². The molecular formula is C11H15ClN6O.